The van der Waals surface area contributed by atoms with Gasteiger partial charge in [0.15, 0.2) is 5.69 Å². The molecule has 0 radical (unpaired) electrons. The third-order valence-corrected chi connectivity index (χ3v) is 2.73. The Balaban J connectivity index is 2.58. The predicted octanol–water partition coefficient (Wildman–Crippen LogP) is 1.13. The van der Waals surface area contributed by atoms with Crippen molar-refractivity contribution in [2.24, 2.45) is 0 Å². The first-order valence-corrected chi connectivity index (χ1v) is 6.29. The molecule has 0 aliphatic carbocycles. The monoisotopic (exact) mass is 291 g/mol. The second kappa shape index (κ2) is 6.17. The van der Waals surface area contributed by atoms with E-state index in [0.29, 0.717) is 12.2 Å². The molecular weight excluding hydrogens is 277 g/mol. The van der Waals surface area contributed by atoms with Crippen LogP contribution in [0.15, 0.2) is 35.1 Å². The van der Waals surface area contributed by atoms with Crippen LogP contribution in [0.2, 0.25) is 0 Å². The molecule has 0 saturated heterocycles. The Kier molecular flexibility index (Phi) is 4.32. The molecule has 110 valence electrons. The molecule has 1 heterocycles. The van der Waals surface area contributed by atoms with Crippen LogP contribution in [-0.2, 0) is 0 Å². The standard InChI is InChI=1S/C14H14FN3O3/c1-3-16-14(20)13-11(19)8-12(21-2)18(17-13)10-6-4-9(15)5-7-10/h4-8H,3H2,1-2H3,(H,16,20). The number of carbonyl (C=O) groups is 1. The van der Waals surface area contributed by atoms with Crippen molar-refractivity contribution in [2.45, 2.75) is 6.92 Å². The van der Waals surface area contributed by atoms with Crippen LogP contribution < -0.4 is 15.5 Å². The van der Waals surface area contributed by atoms with Gasteiger partial charge in [0.25, 0.3) is 5.91 Å². The topological polar surface area (TPSA) is 73.2 Å². The van der Waals surface area contributed by atoms with Gasteiger partial charge in [-0.2, -0.15) is 5.10 Å². The van der Waals surface area contributed by atoms with Crippen LogP contribution in [0.1, 0.15) is 17.4 Å². The summed E-state index contributed by atoms with van der Waals surface area (Å²) in [4.78, 5) is 23.7. The lowest BCUT2D eigenvalue weighted by molar-refractivity contribution is 0.0947. The third-order valence-electron chi connectivity index (χ3n) is 2.73. The molecule has 1 aromatic carbocycles. The summed E-state index contributed by atoms with van der Waals surface area (Å²) in [5, 5.41) is 6.52. The Labute approximate surface area is 120 Å². The summed E-state index contributed by atoms with van der Waals surface area (Å²) < 4.78 is 19.3. The molecule has 0 atom stereocenters. The van der Waals surface area contributed by atoms with Crippen LogP contribution in [0.3, 0.4) is 0 Å². The fourth-order valence-electron chi connectivity index (χ4n) is 1.75. The van der Waals surface area contributed by atoms with E-state index in [1.807, 2.05) is 0 Å². The number of benzene rings is 1. The Bertz CT molecular complexity index is 710. The van der Waals surface area contributed by atoms with E-state index in [-0.39, 0.29) is 11.6 Å². The number of ether oxygens (including phenoxy) is 1. The van der Waals surface area contributed by atoms with Crippen LogP contribution in [0, 0.1) is 5.82 Å². The van der Waals surface area contributed by atoms with Crippen molar-refractivity contribution in [3.05, 3.63) is 52.1 Å². The molecule has 0 bridgehead atoms. The van der Waals surface area contributed by atoms with Gasteiger partial charge < -0.3 is 10.1 Å². The molecule has 0 aliphatic heterocycles. The zero-order valence-corrected chi connectivity index (χ0v) is 11.6. The van der Waals surface area contributed by atoms with Crippen molar-refractivity contribution in [1.82, 2.24) is 15.1 Å². The predicted molar refractivity (Wildman–Crippen MR) is 74.4 cm³/mol. The van der Waals surface area contributed by atoms with Crippen molar-refractivity contribution >= 4 is 5.91 Å². The number of methoxy groups -OCH3 is 1. The molecule has 2 rings (SSSR count). The molecule has 0 fully saturated rings. The molecule has 2 aromatic rings. The van der Waals surface area contributed by atoms with Gasteiger partial charge in [-0.3, -0.25) is 9.59 Å². The lowest BCUT2D eigenvalue weighted by atomic mass is 10.3. The maximum Gasteiger partial charge on any atom is 0.275 e. The molecule has 1 amide bonds. The summed E-state index contributed by atoms with van der Waals surface area (Å²) in [6, 6.07) is 6.61. The highest BCUT2D eigenvalue weighted by Gasteiger charge is 2.16. The van der Waals surface area contributed by atoms with Crippen LogP contribution in [0.5, 0.6) is 5.88 Å². The number of nitrogens with one attached hydrogen (secondary N) is 1. The van der Waals surface area contributed by atoms with E-state index in [1.165, 1.54) is 42.1 Å². The van der Waals surface area contributed by atoms with E-state index in [2.05, 4.69) is 10.4 Å². The number of hydrogen-bond acceptors (Lipinski definition) is 4. The fraction of sp³-hybridized carbons (Fsp3) is 0.214. The van der Waals surface area contributed by atoms with Crippen LogP contribution in [0.25, 0.3) is 5.69 Å². The highest BCUT2D eigenvalue weighted by Crippen LogP contribution is 2.15. The van der Waals surface area contributed by atoms with E-state index in [0.717, 1.165) is 0 Å². The number of halogens is 1. The highest BCUT2D eigenvalue weighted by atomic mass is 19.1. The molecule has 1 aromatic heterocycles. The maximum absolute atomic E-state index is 13.0. The number of hydrogen-bond donors (Lipinski definition) is 1. The van der Waals surface area contributed by atoms with Crippen molar-refractivity contribution in [2.75, 3.05) is 13.7 Å². The molecule has 0 aliphatic rings. The first-order chi connectivity index (χ1) is 10.1. The summed E-state index contributed by atoms with van der Waals surface area (Å²) in [6.45, 7) is 2.11. The van der Waals surface area contributed by atoms with Gasteiger partial charge in [0.2, 0.25) is 11.3 Å². The van der Waals surface area contributed by atoms with E-state index < -0.39 is 17.2 Å². The Morgan fingerprint density at radius 3 is 2.62 bits per heavy atom. The summed E-state index contributed by atoms with van der Waals surface area (Å²) in [7, 11) is 1.38. The molecule has 21 heavy (non-hydrogen) atoms. The van der Waals surface area contributed by atoms with Crippen molar-refractivity contribution < 1.29 is 13.9 Å². The molecule has 0 saturated carbocycles. The molecule has 6 nitrogen and oxygen atoms in total. The van der Waals surface area contributed by atoms with E-state index in [4.69, 9.17) is 4.74 Å². The minimum absolute atomic E-state index is 0.152. The van der Waals surface area contributed by atoms with Crippen molar-refractivity contribution in [3.8, 4) is 11.6 Å². The number of aromatic nitrogens is 2. The van der Waals surface area contributed by atoms with Crippen molar-refractivity contribution in [1.29, 1.82) is 0 Å². The SMILES string of the molecule is CCNC(=O)c1nn(-c2ccc(F)cc2)c(OC)cc1=O. The van der Waals surface area contributed by atoms with Gasteiger partial charge in [-0.15, -0.1) is 0 Å². The second-order valence-corrected chi connectivity index (χ2v) is 4.15. The van der Waals surface area contributed by atoms with Crippen molar-refractivity contribution in [3.63, 3.8) is 0 Å². The summed E-state index contributed by atoms with van der Waals surface area (Å²) in [5.74, 6) is -0.816. The van der Waals surface area contributed by atoms with E-state index in [9.17, 15) is 14.0 Å². The first kappa shape index (κ1) is 14.7. The Morgan fingerprint density at radius 1 is 1.38 bits per heavy atom. The zero-order chi connectivity index (χ0) is 15.4. The first-order valence-electron chi connectivity index (χ1n) is 6.29. The second-order valence-electron chi connectivity index (χ2n) is 4.15. The van der Waals surface area contributed by atoms with Gasteiger partial charge in [0.05, 0.1) is 18.9 Å². The smallest absolute Gasteiger partial charge is 0.275 e. The highest BCUT2D eigenvalue weighted by molar-refractivity contribution is 5.92. The summed E-state index contributed by atoms with van der Waals surface area (Å²) in [5.41, 5.74) is -0.322. The molecule has 0 spiro atoms. The Hall–Kier alpha value is -2.70. The minimum Gasteiger partial charge on any atom is -0.481 e. The van der Waals surface area contributed by atoms with Gasteiger partial charge in [0.1, 0.15) is 5.82 Å². The lowest BCUT2D eigenvalue weighted by Crippen LogP contribution is -2.31. The van der Waals surface area contributed by atoms with Gasteiger partial charge in [0, 0.05) is 6.54 Å². The zero-order valence-electron chi connectivity index (χ0n) is 11.6. The normalized spacial score (nSPS) is 10.2. The summed E-state index contributed by atoms with van der Waals surface area (Å²) in [6.07, 6.45) is 0. The summed E-state index contributed by atoms with van der Waals surface area (Å²) >= 11 is 0. The molecular formula is C14H14FN3O3. The van der Waals surface area contributed by atoms with Gasteiger partial charge >= 0.3 is 0 Å². The van der Waals surface area contributed by atoms with Gasteiger partial charge in [-0.05, 0) is 31.2 Å². The largest absolute Gasteiger partial charge is 0.481 e. The van der Waals surface area contributed by atoms with Gasteiger partial charge in [-0.1, -0.05) is 0 Å². The number of rotatable bonds is 4. The minimum atomic E-state index is -0.569. The molecule has 7 heteroatoms. The lowest BCUT2D eigenvalue weighted by Gasteiger charge is -2.12. The Morgan fingerprint density at radius 2 is 2.05 bits per heavy atom. The van der Waals surface area contributed by atoms with Gasteiger partial charge in [-0.25, -0.2) is 9.07 Å². The van der Waals surface area contributed by atoms with Crippen LogP contribution >= 0.6 is 0 Å². The average Bonchev–Trinajstić information content (AvgIpc) is 2.48. The number of nitrogens with zero attached hydrogens (tertiary/aromatic N) is 2. The molecule has 1 N–H and O–H groups in total. The molecule has 0 unspecified atom stereocenters. The van der Waals surface area contributed by atoms with Crippen LogP contribution in [0.4, 0.5) is 4.39 Å². The maximum atomic E-state index is 13.0. The average molecular weight is 291 g/mol. The quantitative estimate of drug-likeness (QED) is 0.916. The number of amides is 1. The van der Waals surface area contributed by atoms with E-state index >= 15 is 0 Å². The van der Waals surface area contributed by atoms with E-state index in [1.54, 1.807) is 6.92 Å². The third kappa shape index (κ3) is 3.07. The van der Waals surface area contributed by atoms with Crippen LogP contribution in [-0.4, -0.2) is 29.3 Å². The fourth-order valence-corrected chi connectivity index (χ4v) is 1.75. The number of carbonyl (C=O) groups excluding carboxylic acids is 1.